The number of rotatable bonds is 19. The molecule has 0 N–H and O–H groups in total. The lowest BCUT2D eigenvalue weighted by atomic mass is 9.68. The molecule has 0 bridgehead atoms. The maximum atomic E-state index is 2.61. The van der Waals surface area contributed by atoms with Crippen LogP contribution < -0.4 is 9.80 Å². The summed E-state index contributed by atoms with van der Waals surface area (Å²) in [4.78, 5) is 5.22. The molecular formula is C138H92N2. The Morgan fingerprint density at radius 3 is 0.707 bits per heavy atom. The van der Waals surface area contributed by atoms with Gasteiger partial charge in [-0.15, -0.1) is 0 Å². The Bertz CT molecular complexity index is 8780. The van der Waals surface area contributed by atoms with Crippen LogP contribution in [-0.2, 0) is 10.8 Å². The van der Waals surface area contributed by atoms with Crippen LogP contribution in [0.1, 0.15) is 44.5 Å². The Labute approximate surface area is 816 Å². The summed E-state index contributed by atoms with van der Waals surface area (Å²) in [6.07, 6.45) is 0. The summed E-state index contributed by atoms with van der Waals surface area (Å²) in [7, 11) is 0. The Morgan fingerprint density at radius 1 is 0.129 bits per heavy atom. The van der Waals surface area contributed by atoms with E-state index in [1.807, 2.05) is 0 Å². The van der Waals surface area contributed by atoms with Crippen molar-refractivity contribution < 1.29 is 0 Å². The lowest BCUT2D eigenvalue weighted by Gasteiger charge is -2.35. The number of anilines is 6. The van der Waals surface area contributed by atoms with Gasteiger partial charge in [0.05, 0.1) is 33.6 Å². The zero-order valence-corrected chi connectivity index (χ0v) is 77.0. The third kappa shape index (κ3) is 13.6. The molecule has 26 rings (SSSR count). The third-order valence-corrected chi connectivity index (χ3v) is 29.6. The number of hydrogen-bond donors (Lipinski definition) is 0. The summed E-state index contributed by atoms with van der Waals surface area (Å²) in [6.45, 7) is 0. The Hall–Kier alpha value is -18.1. The van der Waals surface area contributed by atoms with E-state index in [2.05, 4.69) is 568 Å². The van der Waals surface area contributed by atoms with Crippen LogP contribution in [-0.4, -0.2) is 0 Å². The minimum Gasteiger partial charge on any atom is -0.309 e. The highest BCUT2D eigenvalue weighted by Crippen LogP contribution is 2.64. The van der Waals surface area contributed by atoms with Gasteiger partial charge in [0.15, 0.2) is 0 Å². The molecule has 654 valence electrons. The first-order chi connectivity index (χ1) is 69.5. The molecule has 0 saturated carbocycles. The number of benzene rings is 24. The van der Waals surface area contributed by atoms with E-state index >= 15 is 0 Å². The van der Waals surface area contributed by atoms with Crippen LogP contribution in [0.4, 0.5) is 34.1 Å². The number of nitrogens with zero attached hydrogens (tertiary/aromatic N) is 2. The molecule has 0 fully saturated rings. The van der Waals surface area contributed by atoms with Gasteiger partial charge in [-0.1, -0.05) is 504 Å². The van der Waals surface area contributed by atoms with Gasteiger partial charge in [0.25, 0.3) is 0 Å². The van der Waals surface area contributed by atoms with Gasteiger partial charge in [-0.3, -0.25) is 0 Å². The monoisotopic (exact) mass is 1780 g/mol. The molecule has 24 aromatic rings. The second-order valence-corrected chi connectivity index (χ2v) is 37.0. The molecule has 0 spiro atoms. The average Bonchev–Trinajstić information content (AvgIpc) is 1.53. The highest BCUT2D eigenvalue weighted by molar-refractivity contribution is 6.25. The molecule has 0 unspecified atom stereocenters. The fourth-order valence-electron chi connectivity index (χ4n) is 23.5. The van der Waals surface area contributed by atoms with Crippen molar-refractivity contribution in [1.82, 2.24) is 0 Å². The van der Waals surface area contributed by atoms with E-state index in [1.165, 1.54) is 132 Å². The summed E-state index contributed by atoms with van der Waals surface area (Å²) < 4.78 is 0. The van der Waals surface area contributed by atoms with Crippen molar-refractivity contribution in [2.45, 2.75) is 10.8 Å². The Morgan fingerprint density at radius 2 is 0.350 bits per heavy atom. The fourth-order valence-corrected chi connectivity index (χ4v) is 23.5. The highest BCUT2D eigenvalue weighted by atomic mass is 15.2. The second-order valence-electron chi connectivity index (χ2n) is 37.0. The standard InChI is InChI=1S/C138H92N2/c1-7-38-93(39-8-1)94-74-78-99(79-75-94)131-119-62-25-21-58-115(119)117-60-23-27-64-121(117)135(131)139(129-72-36-70-127-133(129)123-66-29-31-68-125(123)137(127,107-48-11-3-12-49-107)108-50-13-4-14-51-108)111-86-82-96(83-87-111)102-43-34-45-104(91-102)106-47-35-46-105(92-106)103-44-33-42-101(90-103)95-76-80-100(81-77-95)132-120-63-26-22-59-116(120)118-61-24-28-65-122(118)136(132)140(112-88-84-98(85-89-112)114-57-20-19-56-113(114)97-40-9-2-10-41-97)130-73-37-71-128-134(130)124-67-30-32-69-126(124)138(128,109-52-15-5-16-53-109)110-54-17-6-18-55-110/h1-92H. The largest absolute Gasteiger partial charge is 0.309 e. The van der Waals surface area contributed by atoms with Crippen LogP contribution in [0.2, 0.25) is 0 Å². The Kier molecular flexibility index (Phi) is 20.5. The van der Waals surface area contributed by atoms with Crippen LogP contribution in [0, 0.1) is 0 Å². The summed E-state index contributed by atoms with van der Waals surface area (Å²) in [5.41, 5.74) is 40.7. The van der Waals surface area contributed by atoms with Gasteiger partial charge in [-0.2, -0.15) is 0 Å². The van der Waals surface area contributed by atoms with Crippen LogP contribution in [0.25, 0.3) is 165 Å². The zero-order chi connectivity index (χ0) is 92.6. The van der Waals surface area contributed by atoms with E-state index in [4.69, 9.17) is 0 Å². The van der Waals surface area contributed by atoms with Crippen LogP contribution >= 0.6 is 0 Å². The Balaban J connectivity index is 0.579. The van der Waals surface area contributed by atoms with E-state index in [1.54, 1.807) is 0 Å². The molecule has 24 aromatic carbocycles. The van der Waals surface area contributed by atoms with Gasteiger partial charge in [0.1, 0.15) is 0 Å². The molecule has 2 nitrogen and oxygen atoms in total. The maximum Gasteiger partial charge on any atom is 0.0714 e. The molecule has 0 atom stereocenters. The average molecular weight is 1780 g/mol. The molecule has 0 saturated heterocycles. The maximum absolute atomic E-state index is 2.61. The first-order valence-electron chi connectivity index (χ1n) is 48.6. The predicted molar refractivity (Wildman–Crippen MR) is 589 cm³/mol. The molecule has 0 aromatic heterocycles. The van der Waals surface area contributed by atoms with Gasteiger partial charge in [0, 0.05) is 44.4 Å². The van der Waals surface area contributed by atoms with E-state index in [0.717, 1.165) is 112 Å². The molecule has 0 radical (unpaired) electrons. The number of fused-ring (bicyclic) bond motifs is 12. The molecule has 0 amide bonds. The molecule has 2 aliphatic rings. The van der Waals surface area contributed by atoms with Gasteiger partial charge in [-0.05, 0) is 232 Å². The van der Waals surface area contributed by atoms with Crippen molar-refractivity contribution in [3.63, 3.8) is 0 Å². The summed E-state index contributed by atoms with van der Waals surface area (Å²) >= 11 is 0. The minimum absolute atomic E-state index is 0.628. The summed E-state index contributed by atoms with van der Waals surface area (Å²) in [5, 5.41) is 9.46. The molecule has 140 heavy (non-hydrogen) atoms. The zero-order valence-electron chi connectivity index (χ0n) is 77.0. The van der Waals surface area contributed by atoms with Gasteiger partial charge in [0.2, 0.25) is 0 Å². The van der Waals surface area contributed by atoms with Crippen molar-refractivity contribution in [3.8, 4) is 122 Å². The molecular weight excluding hydrogens is 1690 g/mol. The normalized spacial score (nSPS) is 12.5. The van der Waals surface area contributed by atoms with Crippen molar-refractivity contribution in [3.05, 3.63) is 603 Å². The fraction of sp³-hybridized carbons (Fsp3) is 0.0145. The summed E-state index contributed by atoms with van der Waals surface area (Å²) in [5.74, 6) is 0. The van der Waals surface area contributed by atoms with Crippen molar-refractivity contribution >= 4 is 77.2 Å². The van der Waals surface area contributed by atoms with Crippen molar-refractivity contribution in [2.24, 2.45) is 0 Å². The van der Waals surface area contributed by atoms with Crippen LogP contribution in [0.3, 0.4) is 0 Å². The predicted octanol–water partition coefficient (Wildman–Crippen LogP) is 37.0. The van der Waals surface area contributed by atoms with E-state index in [-0.39, 0.29) is 0 Å². The van der Waals surface area contributed by atoms with E-state index < -0.39 is 10.8 Å². The van der Waals surface area contributed by atoms with Crippen molar-refractivity contribution in [1.29, 1.82) is 0 Å². The smallest absolute Gasteiger partial charge is 0.0714 e. The van der Waals surface area contributed by atoms with Gasteiger partial charge >= 0.3 is 0 Å². The second kappa shape index (κ2) is 34.7. The quantitative estimate of drug-likeness (QED) is 0.0745. The van der Waals surface area contributed by atoms with E-state index in [0.29, 0.717) is 0 Å². The lowest BCUT2D eigenvalue weighted by Crippen LogP contribution is -2.28. The minimum atomic E-state index is -0.634. The number of hydrogen-bond acceptors (Lipinski definition) is 2. The molecule has 0 aliphatic heterocycles. The van der Waals surface area contributed by atoms with Gasteiger partial charge in [-0.25, -0.2) is 0 Å². The highest BCUT2D eigenvalue weighted by Gasteiger charge is 2.50. The van der Waals surface area contributed by atoms with Crippen molar-refractivity contribution in [2.75, 3.05) is 9.80 Å². The first kappa shape index (κ1) is 82.6. The van der Waals surface area contributed by atoms with E-state index in [9.17, 15) is 0 Å². The third-order valence-electron chi connectivity index (χ3n) is 29.6. The molecule has 2 aliphatic carbocycles. The first-order valence-corrected chi connectivity index (χ1v) is 48.6. The van der Waals surface area contributed by atoms with Gasteiger partial charge < -0.3 is 9.80 Å². The van der Waals surface area contributed by atoms with Crippen LogP contribution in [0.15, 0.2) is 558 Å². The lowest BCUT2D eigenvalue weighted by molar-refractivity contribution is 0.768. The molecule has 2 heteroatoms. The molecule has 0 heterocycles. The van der Waals surface area contributed by atoms with Crippen LogP contribution in [0.5, 0.6) is 0 Å². The SMILES string of the molecule is c1ccc(-c2ccc(-c3c(N(c4ccc(-c5cccc(-c6cccc(-c7cccc(-c8ccc(-c9c(N(c%10ccc(-c%11ccccc%11-c%11ccccc%11)cc%10)c%10cccc%11c%10-c%10ccccc%10C%11(c%10ccccc%10)c%10ccccc%10)c%10ccccc%10c%10ccccc9%10)cc8)c7)c6)c5)cc4)c4cccc5c4-c4ccccc4C5(c4ccccc4)c4ccccc4)c4ccccc4c4ccccc34)cc2)cc1. The summed E-state index contributed by atoms with van der Waals surface area (Å²) in [6, 6.07) is 208. The topological polar surface area (TPSA) is 6.48 Å².